The normalized spacial score (nSPS) is 18.0. The molecule has 1 fully saturated rings. The summed E-state index contributed by atoms with van der Waals surface area (Å²) in [6, 6.07) is 5.44. The molecule has 6 nitrogen and oxygen atoms in total. The van der Waals surface area contributed by atoms with Gasteiger partial charge in [0.15, 0.2) is 11.5 Å². The average molecular weight is 308 g/mol. The van der Waals surface area contributed by atoms with Crippen molar-refractivity contribution in [3.8, 4) is 11.5 Å². The van der Waals surface area contributed by atoms with Gasteiger partial charge in [0.25, 0.3) is 5.24 Å². The van der Waals surface area contributed by atoms with Gasteiger partial charge in [-0.3, -0.25) is 9.59 Å². The van der Waals surface area contributed by atoms with Crippen LogP contribution < -0.4 is 14.8 Å². The lowest BCUT2D eigenvalue weighted by Gasteiger charge is -2.18. The highest BCUT2D eigenvalue weighted by Crippen LogP contribution is 2.34. The number of nitrogens with one attached hydrogen (secondary N) is 1. The van der Waals surface area contributed by atoms with Crippen LogP contribution in [0.5, 0.6) is 11.5 Å². The largest absolute Gasteiger partial charge is 0.454 e. The quantitative estimate of drug-likeness (QED) is 0.918. The summed E-state index contributed by atoms with van der Waals surface area (Å²) in [5, 5.41) is 2.87. The number of nitrogens with zero attached hydrogens (tertiary/aromatic N) is 1. The van der Waals surface area contributed by atoms with Gasteiger partial charge in [0.2, 0.25) is 12.7 Å². The smallest absolute Gasteiger partial charge is 0.282 e. The topological polar surface area (TPSA) is 67.9 Å². The average Bonchev–Trinajstić information content (AvgIpc) is 3.07. The maximum Gasteiger partial charge on any atom is 0.282 e. The zero-order valence-corrected chi connectivity index (χ0v) is 12.4. The lowest BCUT2D eigenvalue weighted by Crippen LogP contribution is -2.38. The molecule has 2 aliphatic rings. The zero-order chi connectivity index (χ0) is 14.8. The Labute approximate surface area is 126 Å². The molecule has 1 aromatic rings. The summed E-state index contributed by atoms with van der Waals surface area (Å²) in [6.45, 7) is 2.88. The van der Waals surface area contributed by atoms with E-state index in [0.29, 0.717) is 12.3 Å². The van der Waals surface area contributed by atoms with E-state index in [2.05, 4.69) is 5.32 Å². The van der Waals surface area contributed by atoms with E-state index >= 15 is 0 Å². The Morgan fingerprint density at radius 2 is 2.24 bits per heavy atom. The van der Waals surface area contributed by atoms with Gasteiger partial charge in [-0.1, -0.05) is 17.8 Å². The molecule has 21 heavy (non-hydrogen) atoms. The highest BCUT2D eigenvalue weighted by atomic mass is 32.2. The molecule has 3 rings (SSSR count). The van der Waals surface area contributed by atoms with Gasteiger partial charge in [0, 0.05) is 12.3 Å². The van der Waals surface area contributed by atoms with Crippen LogP contribution in [0.15, 0.2) is 18.2 Å². The van der Waals surface area contributed by atoms with Crippen molar-refractivity contribution >= 4 is 22.9 Å². The van der Waals surface area contributed by atoms with Gasteiger partial charge in [-0.15, -0.1) is 0 Å². The van der Waals surface area contributed by atoms with Gasteiger partial charge in [0.05, 0.1) is 6.04 Å². The summed E-state index contributed by atoms with van der Waals surface area (Å²) < 4.78 is 10.6. The first kappa shape index (κ1) is 14.1. The van der Waals surface area contributed by atoms with Crippen molar-refractivity contribution in [2.24, 2.45) is 0 Å². The monoisotopic (exact) mass is 308 g/mol. The Morgan fingerprint density at radius 1 is 1.43 bits per heavy atom. The minimum atomic E-state index is -0.156. The number of fused-ring (bicyclic) bond motifs is 1. The van der Waals surface area contributed by atoms with E-state index in [1.165, 1.54) is 11.8 Å². The van der Waals surface area contributed by atoms with Gasteiger partial charge >= 0.3 is 0 Å². The summed E-state index contributed by atoms with van der Waals surface area (Å²) >= 11 is 1.25. The Morgan fingerprint density at radius 3 is 3.00 bits per heavy atom. The third-order valence-corrected chi connectivity index (χ3v) is 4.35. The lowest BCUT2D eigenvalue weighted by atomic mass is 10.1. The second kappa shape index (κ2) is 5.85. The lowest BCUT2D eigenvalue weighted by molar-refractivity contribution is -0.122. The van der Waals surface area contributed by atoms with Crippen molar-refractivity contribution in [3.05, 3.63) is 23.8 Å². The molecule has 0 aliphatic carbocycles. The third kappa shape index (κ3) is 3.07. The molecular formula is C14H16N2O4S. The second-order valence-electron chi connectivity index (χ2n) is 4.94. The molecule has 0 saturated carbocycles. The summed E-state index contributed by atoms with van der Waals surface area (Å²) in [4.78, 5) is 25.0. The van der Waals surface area contributed by atoms with E-state index in [-0.39, 0.29) is 30.5 Å². The molecule has 2 aliphatic heterocycles. The van der Waals surface area contributed by atoms with E-state index in [9.17, 15) is 9.59 Å². The fourth-order valence-electron chi connectivity index (χ4n) is 2.30. The number of amides is 2. The highest BCUT2D eigenvalue weighted by Gasteiger charge is 2.24. The molecule has 2 amide bonds. The van der Waals surface area contributed by atoms with E-state index in [0.717, 1.165) is 17.1 Å². The minimum Gasteiger partial charge on any atom is -0.454 e. The Kier molecular flexibility index (Phi) is 3.92. The Hall–Kier alpha value is -1.89. The maximum absolute atomic E-state index is 12.0. The van der Waals surface area contributed by atoms with Crippen molar-refractivity contribution < 1.29 is 19.1 Å². The van der Waals surface area contributed by atoms with E-state index in [1.807, 2.05) is 25.1 Å². The van der Waals surface area contributed by atoms with Crippen LogP contribution in [0, 0.1) is 0 Å². The molecular weight excluding hydrogens is 292 g/mol. The van der Waals surface area contributed by atoms with Crippen LogP contribution in [0.4, 0.5) is 4.79 Å². The van der Waals surface area contributed by atoms with Crippen molar-refractivity contribution in [3.63, 3.8) is 0 Å². The number of hydrogen-bond acceptors (Lipinski definition) is 5. The second-order valence-corrected chi connectivity index (χ2v) is 5.98. The molecule has 1 N–H and O–H groups in total. The van der Waals surface area contributed by atoms with Crippen LogP contribution in [0.2, 0.25) is 0 Å². The molecule has 2 heterocycles. The molecule has 0 radical (unpaired) electrons. The van der Waals surface area contributed by atoms with Gasteiger partial charge < -0.3 is 19.7 Å². The number of carbonyl (C=O) groups excluding carboxylic acids is 2. The first-order valence-electron chi connectivity index (χ1n) is 6.74. The fourth-order valence-corrected chi connectivity index (χ4v) is 3.12. The van der Waals surface area contributed by atoms with Crippen LogP contribution in [0.3, 0.4) is 0 Å². The summed E-state index contributed by atoms with van der Waals surface area (Å²) in [5.41, 5.74) is 0.940. The van der Waals surface area contributed by atoms with Gasteiger partial charge in [-0.2, -0.15) is 0 Å². The van der Waals surface area contributed by atoms with Crippen LogP contribution in [0.1, 0.15) is 18.5 Å². The molecule has 7 heteroatoms. The molecule has 0 bridgehead atoms. The van der Waals surface area contributed by atoms with Crippen molar-refractivity contribution in [1.29, 1.82) is 0 Å². The first-order chi connectivity index (χ1) is 10.1. The number of ether oxygens (including phenoxy) is 2. The van der Waals surface area contributed by atoms with Gasteiger partial charge in [-0.25, -0.2) is 0 Å². The van der Waals surface area contributed by atoms with Crippen molar-refractivity contribution in [1.82, 2.24) is 10.2 Å². The van der Waals surface area contributed by atoms with E-state index < -0.39 is 0 Å². The molecule has 0 spiro atoms. The standard InChI is InChI=1S/C14H16N2O4S/c1-9(10-2-3-11-12(6-10)20-8-19-11)15-13(17)7-16-4-5-21-14(16)18/h2-3,6,9H,4-5,7-8H2,1H3,(H,15,17)/t9-/m0/s1. The third-order valence-electron chi connectivity index (χ3n) is 3.45. The number of rotatable bonds is 4. The predicted molar refractivity (Wildman–Crippen MR) is 78.5 cm³/mol. The maximum atomic E-state index is 12.0. The molecule has 1 atom stereocenters. The molecule has 1 aromatic carbocycles. The molecule has 0 aromatic heterocycles. The number of thioether (sulfide) groups is 1. The van der Waals surface area contributed by atoms with Crippen molar-refractivity contribution in [2.45, 2.75) is 13.0 Å². The first-order valence-corrected chi connectivity index (χ1v) is 7.72. The number of benzene rings is 1. The Bertz CT molecular complexity index is 578. The predicted octanol–water partition coefficient (Wildman–Crippen LogP) is 1.76. The van der Waals surface area contributed by atoms with Gasteiger partial charge in [0.1, 0.15) is 6.54 Å². The summed E-state index contributed by atoms with van der Waals surface area (Å²) in [6.07, 6.45) is 0. The van der Waals surface area contributed by atoms with Crippen LogP contribution in [0.25, 0.3) is 0 Å². The SMILES string of the molecule is C[C@H](NC(=O)CN1CCSC1=O)c1ccc2c(c1)OCO2. The van der Waals surface area contributed by atoms with E-state index in [1.54, 1.807) is 4.90 Å². The van der Waals surface area contributed by atoms with E-state index in [4.69, 9.17) is 9.47 Å². The zero-order valence-electron chi connectivity index (χ0n) is 11.6. The molecule has 112 valence electrons. The summed E-state index contributed by atoms with van der Waals surface area (Å²) in [5.74, 6) is 2.01. The Balaban J connectivity index is 1.59. The molecule has 1 saturated heterocycles. The van der Waals surface area contributed by atoms with Crippen LogP contribution >= 0.6 is 11.8 Å². The van der Waals surface area contributed by atoms with Gasteiger partial charge in [-0.05, 0) is 24.6 Å². The minimum absolute atomic E-state index is 0.0270. The summed E-state index contributed by atoms with van der Waals surface area (Å²) in [7, 11) is 0. The van der Waals surface area contributed by atoms with Crippen LogP contribution in [-0.4, -0.2) is 41.7 Å². The number of hydrogen-bond donors (Lipinski definition) is 1. The fraction of sp³-hybridized carbons (Fsp3) is 0.429. The van der Waals surface area contributed by atoms with Crippen LogP contribution in [-0.2, 0) is 4.79 Å². The van der Waals surface area contributed by atoms with Crippen molar-refractivity contribution in [2.75, 3.05) is 25.6 Å². The highest BCUT2D eigenvalue weighted by molar-refractivity contribution is 8.13. The molecule has 0 unspecified atom stereocenters. The number of carbonyl (C=O) groups is 2.